The summed E-state index contributed by atoms with van der Waals surface area (Å²) in [5.41, 5.74) is 4.77. The van der Waals surface area contributed by atoms with E-state index in [1.165, 1.54) is 0 Å². The summed E-state index contributed by atoms with van der Waals surface area (Å²) in [5.74, 6) is 0.104. The molecule has 0 saturated heterocycles. The zero-order valence-electron chi connectivity index (χ0n) is 17.6. The van der Waals surface area contributed by atoms with E-state index < -0.39 is 5.76 Å². The smallest absolute Gasteiger partial charge is 0.408 e. The van der Waals surface area contributed by atoms with Gasteiger partial charge in [0.2, 0.25) is 5.91 Å². The molecule has 3 aromatic heterocycles. The molecule has 0 atom stereocenters. The van der Waals surface area contributed by atoms with Crippen LogP contribution in [0, 0.1) is 6.92 Å². The Morgan fingerprint density at radius 3 is 2.66 bits per heavy atom. The highest BCUT2D eigenvalue weighted by atomic mass is 16.4. The Labute approximate surface area is 183 Å². The number of aryl methyl sites for hydroxylation is 2. The van der Waals surface area contributed by atoms with Crippen LogP contribution in [0.15, 0.2) is 82.1 Å². The molecule has 7 nitrogen and oxygen atoms in total. The lowest BCUT2D eigenvalue weighted by atomic mass is 10.1. The van der Waals surface area contributed by atoms with Crippen LogP contribution in [0.3, 0.4) is 0 Å². The van der Waals surface area contributed by atoms with E-state index >= 15 is 0 Å². The van der Waals surface area contributed by atoms with Crippen molar-refractivity contribution >= 4 is 28.5 Å². The summed E-state index contributed by atoms with van der Waals surface area (Å²) in [6, 6.07) is 21.0. The summed E-state index contributed by atoms with van der Waals surface area (Å²) in [6.07, 6.45) is 2.73. The number of oxazole rings is 1. The average Bonchev–Trinajstić information content (AvgIpc) is 3.31. The lowest BCUT2D eigenvalue weighted by Gasteiger charge is -2.09. The molecule has 2 aromatic carbocycles. The maximum atomic E-state index is 12.8. The number of fused-ring (bicyclic) bond motifs is 2. The second kappa shape index (κ2) is 8.19. The Kier molecular flexibility index (Phi) is 5.07. The van der Waals surface area contributed by atoms with Crippen molar-refractivity contribution in [1.82, 2.24) is 14.0 Å². The number of nitrogens with one attached hydrogen (secondary N) is 1. The summed E-state index contributed by atoms with van der Waals surface area (Å²) in [6.45, 7) is 2.40. The normalized spacial score (nSPS) is 11.3. The number of imidazole rings is 1. The van der Waals surface area contributed by atoms with Gasteiger partial charge < -0.3 is 9.73 Å². The Balaban J connectivity index is 1.37. The Hall–Kier alpha value is -4.13. The van der Waals surface area contributed by atoms with Gasteiger partial charge in [0.1, 0.15) is 17.2 Å². The van der Waals surface area contributed by atoms with Crippen LogP contribution in [0.2, 0.25) is 0 Å². The maximum absolute atomic E-state index is 12.8. The van der Waals surface area contributed by atoms with E-state index in [0.717, 1.165) is 28.0 Å². The van der Waals surface area contributed by atoms with Crippen molar-refractivity contribution in [2.24, 2.45) is 0 Å². The fourth-order valence-electron chi connectivity index (χ4n) is 3.89. The zero-order chi connectivity index (χ0) is 22.1. The predicted octanol–water partition coefficient (Wildman–Crippen LogP) is 4.64. The summed E-state index contributed by atoms with van der Waals surface area (Å²) in [5, 5.41) is 3.04. The zero-order valence-corrected chi connectivity index (χ0v) is 17.6. The number of aromatic nitrogens is 3. The van der Waals surface area contributed by atoms with Crippen LogP contribution in [-0.2, 0) is 11.3 Å². The van der Waals surface area contributed by atoms with Gasteiger partial charge in [-0.05, 0) is 37.1 Å². The van der Waals surface area contributed by atoms with Crippen molar-refractivity contribution in [1.29, 1.82) is 0 Å². The second-order valence-corrected chi connectivity index (χ2v) is 7.75. The molecule has 0 aliphatic heterocycles. The van der Waals surface area contributed by atoms with Gasteiger partial charge in [-0.25, -0.2) is 9.78 Å². The lowest BCUT2D eigenvalue weighted by Crippen LogP contribution is -2.17. The molecule has 0 saturated carbocycles. The predicted molar refractivity (Wildman–Crippen MR) is 124 cm³/mol. The number of hydrogen-bond acceptors (Lipinski definition) is 4. The SMILES string of the molecule is Cc1ccc2nc(-c3ccccc3)c(NC(=O)CCCn3c(=O)oc4ccccc43)n2c1. The van der Waals surface area contributed by atoms with Crippen molar-refractivity contribution < 1.29 is 9.21 Å². The lowest BCUT2D eigenvalue weighted by molar-refractivity contribution is -0.116. The van der Waals surface area contributed by atoms with Crippen LogP contribution in [0.25, 0.3) is 28.0 Å². The molecule has 0 bridgehead atoms. The molecule has 0 aliphatic carbocycles. The maximum Gasteiger partial charge on any atom is 0.419 e. The molecular weight excluding hydrogens is 404 g/mol. The number of nitrogens with zero attached hydrogens (tertiary/aromatic N) is 3. The molecule has 1 N–H and O–H groups in total. The van der Waals surface area contributed by atoms with Crippen molar-refractivity contribution in [3.05, 3.63) is 89.0 Å². The van der Waals surface area contributed by atoms with Crippen molar-refractivity contribution in [2.75, 3.05) is 5.32 Å². The first-order valence-corrected chi connectivity index (χ1v) is 10.5. The van der Waals surface area contributed by atoms with Crippen LogP contribution < -0.4 is 11.1 Å². The fourth-order valence-corrected chi connectivity index (χ4v) is 3.89. The minimum Gasteiger partial charge on any atom is -0.408 e. The first-order valence-electron chi connectivity index (χ1n) is 10.5. The van der Waals surface area contributed by atoms with Gasteiger partial charge in [0.05, 0.1) is 5.52 Å². The van der Waals surface area contributed by atoms with Crippen LogP contribution in [-0.4, -0.2) is 19.9 Å². The van der Waals surface area contributed by atoms with E-state index in [-0.39, 0.29) is 12.3 Å². The number of benzene rings is 2. The molecule has 0 radical (unpaired) electrons. The molecule has 1 amide bonds. The first kappa shape index (κ1) is 19.8. The molecule has 32 heavy (non-hydrogen) atoms. The second-order valence-electron chi connectivity index (χ2n) is 7.75. The van der Waals surface area contributed by atoms with Crippen molar-refractivity contribution in [3.8, 4) is 11.3 Å². The standard InChI is InChI=1S/C25H22N4O3/c1-17-13-14-21-26-23(18-8-3-2-4-9-18)24(29(21)16-17)27-22(30)12-7-15-28-19-10-5-6-11-20(19)32-25(28)31/h2-6,8-11,13-14,16H,7,12,15H2,1H3,(H,27,30). The van der Waals surface area contributed by atoms with Gasteiger partial charge in [-0.15, -0.1) is 0 Å². The molecule has 0 spiro atoms. The topological polar surface area (TPSA) is 81.5 Å². The number of hydrogen-bond donors (Lipinski definition) is 1. The largest absolute Gasteiger partial charge is 0.419 e. The fraction of sp³-hybridized carbons (Fsp3) is 0.160. The quantitative estimate of drug-likeness (QED) is 0.429. The van der Waals surface area contributed by atoms with Crippen LogP contribution >= 0.6 is 0 Å². The average molecular weight is 426 g/mol. The number of amides is 1. The Morgan fingerprint density at radius 2 is 1.81 bits per heavy atom. The summed E-state index contributed by atoms with van der Waals surface area (Å²) in [4.78, 5) is 29.7. The Bertz CT molecular complexity index is 1480. The number of pyridine rings is 1. The summed E-state index contributed by atoms with van der Waals surface area (Å²) >= 11 is 0. The van der Waals surface area contributed by atoms with E-state index in [1.54, 1.807) is 10.6 Å². The molecular formula is C25H22N4O3. The number of carbonyl (C=O) groups excluding carboxylic acids is 1. The van der Waals surface area contributed by atoms with Crippen molar-refractivity contribution in [3.63, 3.8) is 0 Å². The highest BCUT2D eigenvalue weighted by molar-refractivity contribution is 5.94. The molecule has 3 heterocycles. The van der Waals surface area contributed by atoms with Gasteiger partial charge in [0.25, 0.3) is 0 Å². The van der Waals surface area contributed by atoms with Gasteiger partial charge in [-0.2, -0.15) is 0 Å². The van der Waals surface area contributed by atoms with Crippen LogP contribution in [0.5, 0.6) is 0 Å². The molecule has 0 unspecified atom stereocenters. The number of anilines is 1. The minimum absolute atomic E-state index is 0.133. The van der Waals surface area contributed by atoms with E-state index in [1.807, 2.05) is 78.2 Å². The van der Waals surface area contributed by atoms with Crippen LogP contribution in [0.4, 0.5) is 5.82 Å². The highest BCUT2D eigenvalue weighted by Crippen LogP contribution is 2.29. The van der Waals surface area contributed by atoms with E-state index in [9.17, 15) is 9.59 Å². The molecule has 7 heteroatoms. The van der Waals surface area contributed by atoms with Crippen LogP contribution in [0.1, 0.15) is 18.4 Å². The third kappa shape index (κ3) is 3.69. The third-order valence-electron chi connectivity index (χ3n) is 5.43. The van der Waals surface area contributed by atoms with E-state index in [0.29, 0.717) is 24.4 Å². The van der Waals surface area contributed by atoms with Gasteiger partial charge in [-0.3, -0.25) is 13.8 Å². The monoisotopic (exact) mass is 426 g/mol. The molecule has 160 valence electrons. The minimum atomic E-state index is -0.407. The van der Waals surface area contributed by atoms with Gasteiger partial charge >= 0.3 is 5.76 Å². The summed E-state index contributed by atoms with van der Waals surface area (Å²) < 4.78 is 8.73. The number of para-hydroxylation sites is 2. The molecule has 5 aromatic rings. The molecule has 0 fully saturated rings. The third-order valence-corrected chi connectivity index (χ3v) is 5.43. The summed E-state index contributed by atoms with van der Waals surface area (Å²) in [7, 11) is 0. The highest BCUT2D eigenvalue weighted by Gasteiger charge is 2.17. The molecule has 0 aliphatic rings. The Morgan fingerprint density at radius 1 is 1.03 bits per heavy atom. The van der Waals surface area contributed by atoms with E-state index in [2.05, 4.69) is 5.32 Å². The number of carbonyl (C=O) groups is 1. The van der Waals surface area contributed by atoms with Gasteiger partial charge in [-0.1, -0.05) is 48.5 Å². The van der Waals surface area contributed by atoms with Crippen molar-refractivity contribution in [2.45, 2.75) is 26.3 Å². The number of rotatable bonds is 6. The van der Waals surface area contributed by atoms with E-state index in [4.69, 9.17) is 9.40 Å². The first-order chi connectivity index (χ1) is 15.6. The van der Waals surface area contributed by atoms with Gasteiger partial charge in [0.15, 0.2) is 5.58 Å². The molecule has 5 rings (SSSR count). The van der Waals surface area contributed by atoms with Gasteiger partial charge in [0, 0.05) is 24.7 Å².